The van der Waals surface area contributed by atoms with Gasteiger partial charge in [0.1, 0.15) is 0 Å². The standard InChI is InChI=1S/C25H26F3NO2S/c1-20-12-14-23(15-13-20)32(31)19-24(30,25(26,27)28)18-29(16-21-8-4-2-5-9-21)17-22-10-6-3-7-11-22/h2-15,30H,16-19H2,1H3/t24-,32-/m1/s1. The van der Waals surface area contributed by atoms with Crippen LogP contribution < -0.4 is 0 Å². The molecule has 2 atom stereocenters. The van der Waals surface area contributed by atoms with Crippen LogP contribution in [0, 0.1) is 6.92 Å². The summed E-state index contributed by atoms with van der Waals surface area (Å²) < 4.78 is 55.0. The number of hydrogen-bond acceptors (Lipinski definition) is 3. The maximum absolute atomic E-state index is 14.1. The molecular weight excluding hydrogens is 435 g/mol. The minimum absolute atomic E-state index is 0.214. The van der Waals surface area contributed by atoms with Crippen LogP contribution in [-0.4, -0.2) is 38.3 Å². The van der Waals surface area contributed by atoms with Gasteiger partial charge in [-0.2, -0.15) is 13.2 Å². The van der Waals surface area contributed by atoms with Crippen molar-refractivity contribution in [3.8, 4) is 0 Å². The second-order valence-electron chi connectivity index (χ2n) is 7.95. The first kappa shape index (κ1) is 24.2. The minimum Gasteiger partial charge on any atom is -0.379 e. The molecule has 32 heavy (non-hydrogen) atoms. The van der Waals surface area contributed by atoms with Gasteiger partial charge in [0, 0.05) is 24.5 Å². The zero-order valence-electron chi connectivity index (χ0n) is 17.8. The SMILES string of the molecule is Cc1ccc([S@](=O)C[C@](O)(CN(Cc2ccccc2)Cc2ccccc2)C(F)(F)F)cc1. The van der Waals surface area contributed by atoms with Crippen molar-refractivity contribution >= 4 is 10.8 Å². The lowest BCUT2D eigenvalue weighted by molar-refractivity contribution is -0.256. The molecule has 0 saturated heterocycles. The Kier molecular flexibility index (Phi) is 7.87. The third kappa shape index (κ3) is 6.51. The fourth-order valence-corrected chi connectivity index (χ4v) is 4.72. The van der Waals surface area contributed by atoms with Crippen LogP contribution in [0.1, 0.15) is 16.7 Å². The van der Waals surface area contributed by atoms with E-state index >= 15 is 0 Å². The summed E-state index contributed by atoms with van der Waals surface area (Å²) in [6, 6.07) is 24.7. The summed E-state index contributed by atoms with van der Waals surface area (Å²) in [4.78, 5) is 1.81. The van der Waals surface area contributed by atoms with Crippen LogP contribution in [0.5, 0.6) is 0 Å². The summed E-state index contributed by atoms with van der Waals surface area (Å²) in [5, 5.41) is 10.8. The topological polar surface area (TPSA) is 40.5 Å². The van der Waals surface area contributed by atoms with E-state index in [4.69, 9.17) is 0 Å². The molecular formula is C25H26F3NO2S. The quantitative estimate of drug-likeness (QED) is 0.482. The highest BCUT2D eigenvalue weighted by Crippen LogP contribution is 2.34. The number of halogens is 3. The second kappa shape index (κ2) is 10.4. The highest BCUT2D eigenvalue weighted by atomic mass is 32.2. The Morgan fingerprint density at radius 2 is 1.28 bits per heavy atom. The fraction of sp³-hybridized carbons (Fsp3) is 0.280. The number of rotatable bonds is 9. The van der Waals surface area contributed by atoms with Gasteiger partial charge in [-0.25, -0.2) is 0 Å². The predicted molar refractivity (Wildman–Crippen MR) is 120 cm³/mol. The number of alkyl halides is 3. The van der Waals surface area contributed by atoms with Crippen molar-refractivity contribution in [1.82, 2.24) is 4.90 Å². The van der Waals surface area contributed by atoms with Crippen molar-refractivity contribution in [3.63, 3.8) is 0 Å². The monoisotopic (exact) mass is 461 g/mol. The average molecular weight is 462 g/mol. The minimum atomic E-state index is -4.95. The molecule has 0 aliphatic heterocycles. The van der Waals surface area contributed by atoms with E-state index < -0.39 is 34.9 Å². The van der Waals surface area contributed by atoms with Crippen molar-refractivity contribution in [2.75, 3.05) is 12.3 Å². The van der Waals surface area contributed by atoms with Crippen LogP contribution in [0.3, 0.4) is 0 Å². The zero-order chi connectivity index (χ0) is 23.2. The molecule has 3 rings (SSSR count). The molecule has 0 radical (unpaired) electrons. The van der Waals surface area contributed by atoms with Crippen molar-refractivity contribution in [3.05, 3.63) is 102 Å². The van der Waals surface area contributed by atoms with Gasteiger partial charge in [-0.05, 0) is 30.2 Å². The van der Waals surface area contributed by atoms with Crippen LogP contribution in [-0.2, 0) is 23.9 Å². The van der Waals surface area contributed by atoms with Gasteiger partial charge in [0.2, 0.25) is 0 Å². The molecule has 3 aromatic carbocycles. The van der Waals surface area contributed by atoms with Crippen LogP contribution in [0.25, 0.3) is 0 Å². The van der Waals surface area contributed by atoms with Gasteiger partial charge in [-0.1, -0.05) is 78.4 Å². The normalized spacial score (nSPS) is 14.8. The Hall–Kier alpha value is -2.48. The van der Waals surface area contributed by atoms with E-state index in [1.54, 1.807) is 17.0 Å². The first-order valence-electron chi connectivity index (χ1n) is 10.2. The van der Waals surface area contributed by atoms with Crippen molar-refractivity contribution in [1.29, 1.82) is 0 Å². The molecule has 170 valence electrons. The largest absolute Gasteiger partial charge is 0.419 e. The lowest BCUT2D eigenvalue weighted by atomic mass is 10.0. The lowest BCUT2D eigenvalue weighted by Gasteiger charge is -2.35. The Morgan fingerprint density at radius 3 is 1.72 bits per heavy atom. The van der Waals surface area contributed by atoms with Crippen LogP contribution in [0.4, 0.5) is 13.2 Å². The summed E-state index contributed by atoms with van der Waals surface area (Å²) >= 11 is 0. The molecule has 0 bridgehead atoms. The number of benzene rings is 3. The second-order valence-corrected chi connectivity index (χ2v) is 9.40. The molecule has 0 aliphatic rings. The highest BCUT2D eigenvalue weighted by molar-refractivity contribution is 7.85. The van der Waals surface area contributed by atoms with Crippen molar-refractivity contribution in [2.45, 2.75) is 36.7 Å². The molecule has 3 aromatic rings. The number of aliphatic hydroxyl groups is 1. The Labute approximate surface area is 189 Å². The third-order valence-corrected chi connectivity index (χ3v) is 6.70. The molecule has 0 saturated carbocycles. The molecule has 7 heteroatoms. The van der Waals surface area contributed by atoms with Gasteiger partial charge in [-0.3, -0.25) is 9.11 Å². The number of aryl methyl sites for hydroxylation is 1. The molecule has 0 fully saturated rings. The van der Waals surface area contributed by atoms with E-state index in [2.05, 4.69) is 0 Å². The Bertz CT molecular complexity index is 969. The summed E-state index contributed by atoms with van der Waals surface area (Å²) in [5.74, 6) is -0.931. The van der Waals surface area contributed by atoms with E-state index in [1.165, 1.54) is 12.1 Å². The van der Waals surface area contributed by atoms with Crippen molar-refractivity contribution < 1.29 is 22.5 Å². The van der Waals surface area contributed by atoms with E-state index in [-0.39, 0.29) is 18.0 Å². The van der Waals surface area contributed by atoms with Gasteiger partial charge >= 0.3 is 6.18 Å². The zero-order valence-corrected chi connectivity index (χ0v) is 18.6. The van der Waals surface area contributed by atoms with Crippen LogP contribution >= 0.6 is 0 Å². The highest BCUT2D eigenvalue weighted by Gasteiger charge is 2.55. The van der Waals surface area contributed by atoms with E-state index in [1.807, 2.05) is 67.6 Å². The van der Waals surface area contributed by atoms with E-state index in [9.17, 15) is 22.5 Å². The third-order valence-electron chi connectivity index (χ3n) is 5.16. The molecule has 1 N–H and O–H groups in total. The molecule has 0 aliphatic carbocycles. The molecule has 0 amide bonds. The van der Waals surface area contributed by atoms with E-state index in [0.717, 1.165) is 16.7 Å². The Morgan fingerprint density at radius 1 is 0.812 bits per heavy atom. The lowest BCUT2D eigenvalue weighted by Crippen LogP contribution is -2.56. The predicted octanol–water partition coefficient (Wildman–Crippen LogP) is 5.10. The number of hydrogen-bond donors (Lipinski definition) is 1. The maximum Gasteiger partial charge on any atom is 0.419 e. The molecule has 0 spiro atoms. The van der Waals surface area contributed by atoms with Gasteiger partial charge in [0.25, 0.3) is 0 Å². The maximum atomic E-state index is 14.1. The average Bonchev–Trinajstić information content (AvgIpc) is 2.74. The van der Waals surface area contributed by atoms with Crippen LogP contribution in [0.15, 0.2) is 89.8 Å². The summed E-state index contributed by atoms with van der Waals surface area (Å²) in [6.07, 6.45) is -4.95. The molecule has 0 aromatic heterocycles. The first-order valence-corrected chi connectivity index (χ1v) is 11.5. The van der Waals surface area contributed by atoms with Gasteiger partial charge in [0.15, 0.2) is 5.60 Å². The summed E-state index contributed by atoms with van der Waals surface area (Å²) in [6.45, 7) is 1.57. The smallest absolute Gasteiger partial charge is 0.379 e. The van der Waals surface area contributed by atoms with E-state index in [0.29, 0.717) is 0 Å². The summed E-state index contributed by atoms with van der Waals surface area (Å²) in [7, 11) is -2.01. The van der Waals surface area contributed by atoms with Gasteiger partial charge in [-0.15, -0.1) is 0 Å². The first-order chi connectivity index (χ1) is 15.2. The fourth-order valence-electron chi connectivity index (χ4n) is 3.43. The molecule has 0 heterocycles. The van der Waals surface area contributed by atoms with Gasteiger partial charge < -0.3 is 5.11 Å². The Balaban J connectivity index is 1.86. The van der Waals surface area contributed by atoms with Gasteiger partial charge in [0.05, 0.1) is 16.6 Å². The molecule has 3 nitrogen and oxygen atoms in total. The number of nitrogens with zero attached hydrogens (tertiary/aromatic N) is 1. The van der Waals surface area contributed by atoms with Crippen LogP contribution in [0.2, 0.25) is 0 Å². The summed E-state index contributed by atoms with van der Waals surface area (Å²) in [5.41, 5.74) is -0.569. The molecule has 0 unspecified atom stereocenters. The van der Waals surface area contributed by atoms with Crippen molar-refractivity contribution in [2.24, 2.45) is 0 Å².